The minimum absolute atomic E-state index is 0.184. The summed E-state index contributed by atoms with van der Waals surface area (Å²) in [5, 5.41) is 5.31. The first-order chi connectivity index (χ1) is 15.0. The van der Waals surface area contributed by atoms with Crippen LogP contribution in [0.15, 0.2) is 83.7 Å². The Bertz CT molecular complexity index is 1270. The summed E-state index contributed by atoms with van der Waals surface area (Å²) < 4.78 is 19.8. The number of carbonyl (C=O) groups is 1. The van der Waals surface area contributed by atoms with Gasteiger partial charge in [-0.2, -0.15) is 9.78 Å². The molecule has 0 aliphatic rings. The molecule has 1 heterocycles. The molecule has 3 aromatic carbocycles. The number of aromatic nitrogens is 2. The van der Waals surface area contributed by atoms with E-state index in [0.29, 0.717) is 22.2 Å². The van der Waals surface area contributed by atoms with E-state index in [9.17, 15) is 14.0 Å². The van der Waals surface area contributed by atoms with Gasteiger partial charge in [0, 0.05) is 12.4 Å². The molecule has 0 bridgehead atoms. The number of nitrogens with zero attached hydrogens (tertiary/aromatic N) is 3. The zero-order valence-electron chi connectivity index (χ0n) is 16.9. The van der Waals surface area contributed by atoms with E-state index >= 15 is 0 Å². The molecule has 1 amide bonds. The largest absolute Gasteiger partial charge is 0.492 e. The fraction of sp³-hybridized carbons (Fsp3) is 0.125. The third kappa shape index (κ3) is 4.30. The van der Waals surface area contributed by atoms with Gasteiger partial charge in [0.25, 0.3) is 11.5 Å². The Hall–Kier alpha value is -4.00. The Morgan fingerprint density at radius 2 is 1.61 bits per heavy atom. The van der Waals surface area contributed by atoms with Crippen LogP contribution in [0.2, 0.25) is 0 Å². The molecule has 0 unspecified atom stereocenters. The van der Waals surface area contributed by atoms with Gasteiger partial charge in [0.2, 0.25) is 0 Å². The topological polar surface area (TPSA) is 64.4 Å². The van der Waals surface area contributed by atoms with Crippen molar-refractivity contribution in [3.8, 4) is 11.4 Å². The molecule has 1 aromatic heterocycles. The molecule has 0 aliphatic carbocycles. The second kappa shape index (κ2) is 8.79. The molecule has 4 aromatic rings. The molecule has 0 atom stereocenters. The predicted octanol–water partition coefficient (Wildman–Crippen LogP) is 3.68. The molecule has 0 radical (unpaired) electrons. The molecule has 0 saturated heterocycles. The van der Waals surface area contributed by atoms with Crippen LogP contribution >= 0.6 is 0 Å². The fourth-order valence-corrected chi connectivity index (χ4v) is 3.21. The van der Waals surface area contributed by atoms with Crippen molar-refractivity contribution in [2.24, 2.45) is 0 Å². The van der Waals surface area contributed by atoms with Crippen LogP contribution in [0.25, 0.3) is 16.5 Å². The molecule has 31 heavy (non-hydrogen) atoms. The van der Waals surface area contributed by atoms with E-state index in [0.717, 1.165) is 0 Å². The standard InChI is InChI=1S/C24H20FN3O3/c1-27(15-16-31-19-13-11-17(25)12-14-19)24(30)22-20-9-5-6-10-21(20)23(29)28(26-22)18-7-3-2-4-8-18/h2-14H,15-16H2,1H3. The van der Waals surface area contributed by atoms with E-state index in [1.807, 2.05) is 6.07 Å². The summed E-state index contributed by atoms with van der Waals surface area (Å²) in [6, 6.07) is 21.6. The van der Waals surface area contributed by atoms with Gasteiger partial charge in [0.05, 0.1) is 17.6 Å². The number of hydrogen-bond donors (Lipinski definition) is 0. The Kier molecular flexibility index (Phi) is 5.75. The lowest BCUT2D eigenvalue weighted by molar-refractivity contribution is 0.0768. The van der Waals surface area contributed by atoms with Crippen molar-refractivity contribution in [2.45, 2.75) is 0 Å². The summed E-state index contributed by atoms with van der Waals surface area (Å²) >= 11 is 0. The smallest absolute Gasteiger partial charge is 0.279 e. The van der Waals surface area contributed by atoms with E-state index in [1.165, 1.54) is 33.8 Å². The minimum atomic E-state index is -0.342. The first-order valence-corrected chi connectivity index (χ1v) is 9.76. The number of hydrogen-bond acceptors (Lipinski definition) is 4. The van der Waals surface area contributed by atoms with Crippen LogP contribution in [0.5, 0.6) is 5.75 Å². The highest BCUT2D eigenvalue weighted by molar-refractivity contribution is 6.04. The summed E-state index contributed by atoms with van der Waals surface area (Å²) in [6.07, 6.45) is 0. The minimum Gasteiger partial charge on any atom is -0.492 e. The first-order valence-electron chi connectivity index (χ1n) is 9.76. The Morgan fingerprint density at radius 1 is 0.968 bits per heavy atom. The molecule has 6 nitrogen and oxygen atoms in total. The molecule has 0 saturated carbocycles. The Labute approximate surface area is 178 Å². The van der Waals surface area contributed by atoms with E-state index in [-0.39, 0.29) is 36.1 Å². The van der Waals surface area contributed by atoms with Crippen molar-refractivity contribution >= 4 is 16.7 Å². The van der Waals surface area contributed by atoms with Crippen LogP contribution in [0, 0.1) is 5.82 Å². The summed E-state index contributed by atoms with van der Waals surface area (Å²) in [5.41, 5.74) is 0.471. The van der Waals surface area contributed by atoms with Crippen LogP contribution in [-0.2, 0) is 0 Å². The van der Waals surface area contributed by atoms with Crippen LogP contribution in [-0.4, -0.2) is 40.8 Å². The third-order valence-electron chi connectivity index (χ3n) is 4.86. The number of benzene rings is 3. The van der Waals surface area contributed by atoms with E-state index < -0.39 is 0 Å². The van der Waals surface area contributed by atoms with Gasteiger partial charge < -0.3 is 9.64 Å². The number of halogens is 1. The van der Waals surface area contributed by atoms with E-state index in [4.69, 9.17) is 4.74 Å². The van der Waals surface area contributed by atoms with Crippen molar-refractivity contribution in [3.63, 3.8) is 0 Å². The maximum atomic E-state index is 13.2. The molecule has 156 valence electrons. The average Bonchev–Trinajstić information content (AvgIpc) is 2.81. The van der Waals surface area contributed by atoms with Gasteiger partial charge >= 0.3 is 0 Å². The summed E-state index contributed by atoms with van der Waals surface area (Å²) in [7, 11) is 1.64. The Morgan fingerprint density at radius 3 is 2.32 bits per heavy atom. The van der Waals surface area contributed by atoms with Crippen molar-refractivity contribution in [1.82, 2.24) is 14.7 Å². The SMILES string of the molecule is CN(CCOc1ccc(F)cc1)C(=O)c1nn(-c2ccccc2)c(=O)c2ccccc12. The molecular weight excluding hydrogens is 397 g/mol. The normalized spacial score (nSPS) is 10.8. The second-order valence-corrected chi connectivity index (χ2v) is 6.98. The molecular formula is C24H20FN3O3. The molecule has 0 aliphatic heterocycles. The quantitative estimate of drug-likeness (QED) is 0.480. The van der Waals surface area contributed by atoms with Crippen LogP contribution in [0.3, 0.4) is 0 Å². The number of fused-ring (bicyclic) bond motifs is 1. The van der Waals surface area contributed by atoms with Crippen LogP contribution < -0.4 is 10.3 Å². The number of rotatable bonds is 6. The highest BCUT2D eigenvalue weighted by Crippen LogP contribution is 2.17. The zero-order valence-corrected chi connectivity index (χ0v) is 16.9. The molecule has 0 fully saturated rings. The van der Waals surface area contributed by atoms with Crippen LogP contribution in [0.1, 0.15) is 10.5 Å². The zero-order chi connectivity index (χ0) is 21.8. The predicted molar refractivity (Wildman–Crippen MR) is 116 cm³/mol. The lowest BCUT2D eigenvalue weighted by Gasteiger charge is -2.19. The molecule has 0 N–H and O–H groups in total. The van der Waals surface area contributed by atoms with E-state index in [1.54, 1.807) is 55.6 Å². The maximum Gasteiger partial charge on any atom is 0.279 e. The highest BCUT2D eigenvalue weighted by Gasteiger charge is 2.20. The van der Waals surface area contributed by atoms with Crippen molar-refractivity contribution in [1.29, 1.82) is 0 Å². The molecule has 4 rings (SSSR count). The van der Waals surface area contributed by atoms with Crippen molar-refractivity contribution < 1.29 is 13.9 Å². The molecule has 7 heteroatoms. The lowest BCUT2D eigenvalue weighted by atomic mass is 10.1. The highest BCUT2D eigenvalue weighted by atomic mass is 19.1. The lowest BCUT2D eigenvalue weighted by Crippen LogP contribution is -2.34. The van der Waals surface area contributed by atoms with Gasteiger partial charge in [-0.05, 0) is 42.5 Å². The third-order valence-corrected chi connectivity index (χ3v) is 4.86. The van der Waals surface area contributed by atoms with Gasteiger partial charge in [-0.1, -0.05) is 36.4 Å². The number of para-hydroxylation sites is 1. The van der Waals surface area contributed by atoms with Gasteiger partial charge in [-0.15, -0.1) is 0 Å². The number of likely N-dealkylation sites (N-methyl/N-ethyl adjacent to an activating group) is 1. The van der Waals surface area contributed by atoms with Gasteiger partial charge in [-0.25, -0.2) is 4.39 Å². The van der Waals surface area contributed by atoms with Gasteiger partial charge in [0.1, 0.15) is 18.2 Å². The van der Waals surface area contributed by atoms with Gasteiger partial charge in [-0.3, -0.25) is 9.59 Å². The second-order valence-electron chi connectivity index (χ2n) is 6.98. The van der Waals surface area contributed by atoms with E-state index in [2.05, 4.69) is 5.10 Å². The first kappa shape index (κ1) is 20.3. The average molecular weight is 417 g/mol. The molecule has 0 spiro atoms. The summed E-state index contributed by atoms with van der Waals surface area (Å²) in [4.78, 5) is 27.6. The maximum absolute atomic E-state index is 13.2. The number of amides is 1. The van der Waals surface area contributed by atoms with Crippen molar-refractivity contribution in [2.75, 3.05) is 20.2 Å². The van der Waals surface area contributed by atoms with Crippen molar-refractivity contribution in [3.05, 3.63) is 101 Å². The Balaban J connectivity index is 1.61. The number of carbonyl (C=O) groups excluding carboxylic acids is 1. The van der Waals surface area contributed by atoms with Crippen LogP contribution in [0.4, 0.5) is 4.39 Å². The number of ether oxygens (including phenoxy) is 1. The fourth-order valence-electron chi connectivity index (χ4n) is 3.21. The summed E-state index contributed by atoms with van der Waals surface area (Å²) in [6.45, 7) is 0.515. The monoisotopic (exact) mass is 417 g/mol. The van der Waals surface area contributed by atoms with Gasteiger partial charge in [0.15, 0.2) is 5.69 Å². The summed E-state index contributed by atoms with van der Waals surface area (Å²) in [5.74, 6) is -0.154.